The number of esters is 1. The zero-order valence-electron chi connectivity index (χ0n) is 12.4. The Bertz CT molecular complexity index is 791. The van der Waals surface area contributed by atoms with E-state index in [1.165, 1.54) is 0 Å². The second kappa shape index (κ2) is 5.61. The fourth-order valence-electron chi connectivity index (χ4n) is 2.92. The summed E-state index contributed by atoms with van der Waals surface area (Å²) < 4.78 is 5.69. The summed E-state index contributed by atoms with van der Waals surface area (Å²) >= 11 is 0. The van der Waals surface area contributed by atoms with E-state index in [9.17, 15) is 4.79 Å². The average Bonchev–Trinajstić information content (AvgIpc) is 2.94. The van der Waals surface area contributed by atoms with Gasteiger partial charge in [-0.05, 0) is 30.3 Å². The molecule has 0 N–H and O–H groups in total. The van der Waals surface area contributed by atoms with Crippen LogP contribution in [0.4, 0.5) is 11.4 Å². The van der Waals surface area contributed by atoms with Gasteiger partial charge in [0.25, 0.3) is 0 Å². The van der Waals surface area contributed by atoms with Gasteiger partial charge in [-0.3, -0.25) is 0 Å². The third kappa shape index (κ3) is 2.36. The summed E-state index contributed by atoms with van der Waals surface area (Å²) in [5, 5.41) is 0. The summed E-state index contributed by atoms with van der Waals surface area (Å²) in [5.41, 5.74) is 3.49. The Balaban J connectivity index is 1.86. The van der Waals surface area contributed by atoms with E-state index in [-0.39, 0.29) is 5.97 Å². The summed E-state index contributed by atoms with van der Waals surface area (Å²) in [6, 6.07) is 27.5. The molecule has 3 aromatic rings. The lowest BCUT2D eigenvalue weighted by atomic mass is 10.1. The van der Waals surface area contributed by atoms with Gasteiger partial charge in [0.2, 0.25) is 6.23 Å². The van der Waals surface area contributed by atoms with Crippen LogP contribution in [0.3, 0.4) is 0 Å². The van der Waals surface area contributed by atoms with Gasteiger partial charge in [0.1, 0.15) is 0 Å². The van der Waals surface area contributed by atoms with Gasteiger partial charge in [-0.2, -0.15) is 0 Å². The first-order valence-electron chi connectivity index (χ1n) is 7.54. The van der Waals surface area contributed by atoms with Crippen LogP contribution < -0.4 is 4.90 Å². The van der Waals surface area contributed by atoms with E-state index in [2.05, 4.69) is 0 Å². The highest BCUT2D eigenvalue weighted by Gasteiger charge is 2.35. The number of nitrogens with zero attached hydrogens (tertiary/aromatic N) is 1. The summed E-state index contributed by atoms with van der Waals surface area (Å²) in [6.45, 7) is 0. The minimum Gasteiger partial charge on any atom is -0.433 e. The second-order valence-electron chi connectivity index (χ2n) is 5.39. The molecule has 0 amide bonds. The molecule has 1 heterocycles. The van der Waals surface area contributed by atoms with Gasteiger partial charge in [-0.1, -0.05) is 54.6 Å². The van der Waals surface area contributed by atoms with E-state index in [1.54, 1.807) is 0 Å². The number of ether oxygens (including phenoxy) is 1. The highest BCUT2D eigenvalue weighted by molar-refractivity contribution is 5.94. The fourth-order valence-corrected chi connectivity index (χ4v) is 2.92. The number of benzene rings is 3. The van der Waals surface area contributed by atoms with Crippen molar-refractivity contribution in [1.82, 2.24) is 0 Å². The number of anilines is 2. The number of para-hydroxylation sites is 2. The summed E-state index contributed by atoms with van der Waals surface area (Å²) in [6.07, 6.45) is -0.455. The molecule has 0 aromatic heterocycles. The van der Waals surface area contributed by atoms with Crippen molar-refractivity contribution in [1.29, 1.82) is 0 Å². The molecule has 112 valence electrons. The Morgan fingerprint density at radius 2 is 1.22 bits per heavy atom. The molecule has 1 aliphatic heterocycles. The molecule has 23 heavy (non-hydrogen) atoms. The Labute approximate surface area is 134 Å². The zero-order chi connectivity index (χ0) is 15.6. The third-order valence-electron chi connectivity index (χ3n) is 3.97. The van der Waals surface area contributed by atoms with Gasteiger partial charge >= 0.3 is 5.97 Å². The number of cyclic esters (lactones) is 1. The number of fused-ring (bicyclic) bond motifs is 1. The van der Waals surface area contributed by atoms with Crippen molar-refractivity contribution in [3.05, 3.63) is 96.1 Å². The lowest BCUT2D eigenvalue weighted by Gasteiger charge is -2.30. The van der Waals surface area contributed by atoms with Crippen LogP contribution in [0.1, 0.15) is 22.1 Å². The van der Waals surface area contributed by atoms with Crippen LogP contribution in [-0.2, 0) is 4.74 Å². The smallest absolute Gasteiger partial charge is 0.340 e. The van der Waals surface area contributed by atoms with E-state index in [0.29, 0.717) is 5.56 Å². The number of carbonyl (C=O) groups excluding carboxylic acids is 1. The quantitative estimate of drug-likeness (QED) is 0.657. The van der Waals surface area contributed by atoms with Crippen molar-refractivity contribution in [2.75, 3.05) is 4.90 Å². The second-order valence-corrected chi connectivity index (χ2v) is 5.39. The molecule has 0 bridgehead atoms. The standard InChI is InChI=1S/C20H15NO2/c22-20-18-14-8-7-13-17(18)19(23-20)21(15-9-3-1-4-10-15)16-11-5-2-6-12-16/h1-14,19H/t19-/m0/s1. The van der Waals surface area contributed by atoms with Crippen LogP contribution >= 0.6 is 0 Å². The molecule has 0 radical (unpaired) electrons. The molecule has 4 rings (SSSR count). The first kappa shape index (κ1) is 13.6. The van der Waals surface area contributed by atoms with Crippen molar-refractivity contribution in [3.8, 4) is 0 Å². The van der Waals surface area contributed by atoms with E-state index < -0.39 is 6.23 Å². The molecule has 0 spiro atoms. The van der Waals surface area contributed by atoms with Gasteiger partial charge in [-0.15, -0.1) is 0 Å². The van der Waals surface area contributed by atoms with Gasteiger partial charge < -0.3 is 9.64 Å². The number of carbonyl (C=O) groups is 1. The normalized spacial score (nSPS) is 15.8. The van der Waals surface area contributed by atoms with Gasteiger partial charge in [0.15, 0.2) is 0 Å². The van der Waals surface area contributed by atoms with Crippen molar-refractivity contribution >= 4 is 17.3 Å². The molecular weight excluding hydrogens is 286 g/mol. The highest BCUT2D eigenvalue weighted by atomic mass is 16.6. The number of hydrogen-bond donors (Lipinski definition) is 0. The number of hydrogen-bond acceptors (Lipinski definition) is 3. The third-order valence-corrected chi connectivity index (χ3v) is 3.97. The summed E-state index contributed by atoms with van der Waals surface area (Å²) in [7, 11) is 0. The summed E-state index contributed by atoms with van der Waals surface area (Å²) in [5.74, 6) is -0.275. The first-order chi connectivity index (χ1) is 11.3. The summed E-state index contributed by atoms with van der Waals surface area (Å²) in [4.78, 5) is 14.2. The minimum atomic E-state index is -0.455. The van der Waals surface area contributed by atoms with E-state index in [4.69, 9.17) is 4.74 Å². The zero-order valence-corrected chi connectivity index (χ0v) is 12.4. The fraction of sp³-hybridized carbons (Fsp3) is 0.0500. The van der Waals surface area contributed by atoms with Crippen LogP contribution in [0.5, 0.6) is 0 Å². The predicted octanol–water partition coefficient (Wildman–Crippen LogP) is 4.69. The molecule has 0 saturated heterocycles. The Morgan fingerprint density at radius 1 is 0.696 bits per heavy atom. The molecule has 3 nitrogen and oxygen atoms in total. The van der Waals surface area contributed by atoms with E-state index in [1.807, 2.05) is 89.8 Å². The lowest BCUT2D eigenvalue weighted by molar-refractivity contribution is 0.0399. The largest absolute Gasteiger partial charge is 0.433 e. The van der Waals surface area contributed by atoms with Crippen LogP contribution in [0.25, 0.3) is 0 Å². The van der Waals surface area contributed by atoms with Crippen LogP contribution in [0.15, 0.2) is 84.9 Å². The van der Waals surface area contributed by atoms with E-state index in [0.717, 1.165) is 16.9 Å². The molecule has 0 fully saturated rings. The van der Waals surface area contributed by atoms with Gasteiger partial charge in [0.05, 0.1) is 5.56 Å². The maximum atomic E-state index is 12.2. The SMILES string of the molecule is O=C1O[C@H](N(c2ccccc2)c2ccccc2)c2ccccc21. The van der Waals surface area contributed by atoms with Crippen molar-refractivity contribution < 1.29 is 9.53 Å². The highest BCUT2D eigenvalue weighted by Crippen LogP contribution is 2.40. The maximum absolute atomic E-state index is 12.2. The monoisotopic (exact) mass is 301 g/mol. The average molecular weight is 301 g/mol. The predicted molar refractivity (Wildman–Crippen MR) is 89.6 cm³/mol. The van der Waals surface area contributed by atoms with E-state index >= 15 is 0 Å². The molecular formula is C20H15NO2. The lowest BCUT2D eigenvalue weighted by Crippen LogP contribution is -2.23. The van der Waals surface area contributed by atoms with Crippen LogP contribution in [-0.4, -0.2) is 5.97 Å². The molecule has 3 heteroatoms. The molecule has 3 aromatic carbocycles. The molecule has 1 aliphatic rings. The molecule has 0 saturated carbocycles. The van der Waals surface area contributed by atoms with Crippen molar-refractivity contribution in [2.24, 2.45) is 0 Å². The Morgan fingerprint density at radius 3 is 1.83 bits per heavy atom. The maximum Gasteiger partial charge on any atom is 0.340 e. The van der Waals surface area contributed by atoms with Crippen LogP contribution in [0, 0.1) is 0 Å². The number of rotatable bonds is 3. The van der Waals surface area contributed by atoms with Gasteiger partial charge in [-0.25, -0.2) is 4.79 Å². The molecule has 1 atom stereocenters. The van der Waals surface area contributed by atoms with Crippen LogP contribution in [0.2, 0.25) is 0 Å². The minimum absolute atomic E-state index is 0.275. The molecule has 0 aliphatic carbocycles. The molecule has 0 unspecified atom stereocenters. The Kier molecular flexibility index (Phi) is 3.31. The Hall–Kier alpha value is -3.07. The van der Waals surface area contributed by atoms with Crippen molar-refractivity contribution in [3.63, 3.8) is 0 Å². The first-order valence-corrected chi connectivity index (χ1v) is 7.54. The topological polar surface area (TPSA) is 29.5 Å². The van der Waals surface area contributed by atoms with Gasteiger partial charge in [0, 0.05) is 16.9 Å². The van der Waals surface area contributed by atoms with Crippen molar-refractivity contribution in [2.45, 2.75) is 6.23 Å².